The lowest BCUT2D eigenvalue weighted by molar-refractivity contribution is -0.137. The first-order valence-electron chi connectivity index (χ1n) is 5.46. The van der Waals surface area contributed by atoms with Crippen molar-refractivity contribution in [3.8, 4) is 0 Å². The monoisotopic (exact) mass is 381 g/mol. The minimum absolute atomic E-state index is 0.217. The number of hydrogen-bond acceptors (Lipinski definition) is 2. The molecule has 0 saturated carbocycles. The molecule has 0 aliphatic rings. The number of hydrogen-bond donors (Lipinski definition) is 1. The van der Waals surface area contributed by atoms with E-state index in [1.54, 1.807) is 10.9 Å². The summed E-state index contributed by atoms with van der Waals surface area (Å²) in [6.07, 6.45) is -2.70. The van der Waals surface area contributed by atoms with Crippen molar-refractivity contribution in [3.05, 3.63) is 45.2 Å². The molecule has 0 radical (unpaired) electrons. The molecule has 19 heavy (non-hydrogen) atoms. The predicted octanol–water partition coefficient (Wildman–Crippen LogP) is 3.70. The van der Waals surface area contributed by atoms with Crippen molar-refractivity contribution >= 4 is 28.4 Å². The van der Waals surface area contributed by atoms with E-state index < -0.39 is 11.7 Å². The summed E-state index contributed by atoms with van der Waals surface area (Å²) in [5, 5.41) is 4.12. The quantitative estimate of drug-likeness (QED) is 0.807. The van der Waals surface area contributed by atoms with Gasteiger partial charge in [0.1, 0.15) is 5.82 Å². The molecule has 1 aromatic heterocycles. The average molecular weight is 381 g/mol. The maximum Gasteiger partial charge on any atom is 0.416 e. The molecule has 0 spiro atoms. The van der Waals surface area contributed by atoms with Gasteiger partial charge >= 0.3 is 6.18 Å². The van der Waals surface area contributed by atoms with Crippen molar-refractivity contribution in [3.63, 3.8) is 0 Å². The van der Waals surface area contributed by atoms with Crippen LogP contribution >= 0.6 is 22.6 Å². The molecule has 0 aliphatic carbocycles. The van der Waals surface area contributed by atoms with Crippen LogP contribution in [0.1, 0.15) is 24.1 Å². The second-order valence-corrected chi connectivity index (χ2v) is 5.28. The Morgan fingerprint density at radius 1 is 1.26 bits per heavy atom. The summed E-state index contributed by atoms with van der Waals surface area (Å²) in [6, 6.07) is 4.81. The van der Waals surface area contributed by atoms with Crippen LogP contribution in [0.25, 0.3) is 0 Å². The number of halogens is 4. The van der Waals surface area contributed by atoms with Crippen molar-refractivity contribution < 1.29 is 13.2 Å². The first-order chi connectivity index (χ1) is 8.80. The van der Waals surface area contributed by atoms with Gasteiger partial charge in [0, 0.05) is 0 Å². The summed E-state index contributed by atoms with van der Waals surface area (Å²) >= 11 is 2.06. The fourth-order valence-electron chi connectivity index (χ4n) is 1.75. The topological polar surface area (TPSA) is 43.8 Å². The summed E-state index contributed by atoms with van der Waals surface area (Å²) in [4.78, 5) is 0. The number of nitrogens with zero attached hydrogens (tertiary/aromatic N) is 2. The first kappa shape index (κ1) is 14.2. The summed E-state index contributed by atoms with van der Waals surface area (Å²) in [5.74, 6) is 0.507. The van der Waals surface area contributed by atoms with Crippen molar-refractivity contribution in [2.75, 3.05) is 5.73 Å². The Morgan fingerprint density at radius 3 is 2.26 bits per heavy atom. The number of nitrogen functional groups attached to an aromatic ring is 1. The Hall–Kier alpha value is -1.25. The van der Waals surface area contributed by atoms with Crippen molar-refractivity contribution in [1.82, 2.24) is 9.78 Å². The normalized spacial score (nSPS) is 13.5. The summed E-state index contributed by atoms with van der Waals surface area (Å²) in [7, 11) is 0. The Kier molecular flexibility index (Phi) is 3.75. The molecular weight excluding hydrogens is 370 g/mol. The molecule has 0 saturated heterocycles. The van der Waals surface area contributed by atoms with E-state index >= 15 is 0 Å². The molecule has 1 aromatic carbocycles. The van der Waals surface area contributed by atoms with E-state index in [0.29, 0.717) is 5.82 Å². The van der Waals surface area contributed by atoms with Gasteiger partial charge in [-0.1, -0.05) is 12.1 Å². The van der Waals surface area contributed by atoms with Crippen LogP contribution in [0, 0.1) is 3.57 Å². The standard InChI is InChI=1S/C12H11F3IN3/c1-7(19-11(17)10(16)6-18-19)8-2-4-9(5-3-8)12(13,14)15/h2-7H,17H2,1H3. The maximum atomic E-state index is 12.5. The number of alkyl halides is 3. The average Bonchev–Trinajstić information content (AvgIpc) is 2.68. The third-order valence-electron chi connectivity index (χ3n) is 2.87. The van der Waals surface area contributed by atoms with Gasteiger partial charge in [-0.25, -0.2) is 4.68 Å². The van der Waals surface area contributed by atoms with E-state index in [0.717, 1.165) is 21.3 Å². The van der Waals surface area contributed by atoms with Crippen molar-refractivity contribution in [1.29, 1.82) is 0 Å². The largest absolute Gasteiger partial charge is 0.416 e. The molecular formula is C12H11F3IN3. The van der Waals surface area contributed by atoms with Gasteiger partial charge in [0.25, 0.3) is 0 Å². The van der Waals surface area contributed by atoms with Crippen molar-refractivity contribution in [2.45, 2.75) is 19.1 Å². The Balaban J connectivity index is 2.30. The number of nitrogens with two attached hydrogens (primary N) is 1. The zero-order valence-electron chi connectivity index (χ0n) is 9.95. The molecule has 102 valence electrons. The Labute approximate surface area is 121 Å². The SMILES string of the molecule is CC(c1ccc(C(F)(F)F)cc1)n1ncc(I)c1N. The molecule has 3 nitrogen and oxygen atoms in total. The van der Waals surface area contributed by atoms with E-state index in [9.17, 15) is 13.2 Å². The zero-order chi connectivity index (χ0) is 14.2. The fourth-order valence-corrected chi connectivity index (χ4v) is 2.12. The van der Waals surface area contributed by atoms with Crippen LogP contribution in [-0.2, 0) is 6.18 Å². The molecule has 1 unspecified atom stereocenters. The van der Waals surface area contributed by atoms with Gasteiger partial charge < -0.3 is 5.73 Å². The van der Waals surface area contributed by atoms with E-state index in [-0.39, 0.29) is 6.04 Å². The number of rotatable bonds is 2. The van der Waals surface area contributed by atoms with Crippen LogP contribution in [0.2, 0.25) is 0 Å². The van der Waals surface area contributed by atoms with Gasteiger partial charge in [0.2, 0.25) is 0 Å². The van der Waals surface area contributed by atoms with Crippen LogP contribution in [0.4, 0.5) is 19.0 Å². The zero-order valence-corrected chi connectivity index (χ0v) is 12.1. The minimum Gasteiger partial charge on any atom is -0.383 e. The highest BCUT2D eigenvalue weighted by Gasteiger charge is 2.30. The Bertz CT molecular complexity index is 575. The van der Waals surface area contributed by atoms with Gasteiger partial charge in [0.15, 0.2) is 0 Å². The van der Waals surface area contributed by atoms with E-state index in [1.807, 2.05) is 6.92 Å². The van der Waals surface area contributed by atoms with Crippen LogP contribution in [0.5, 0.6) is 0 Å². The molecule has 0 fully saturated rings. The molecule has 0 bridgehead atoms. The third-order valence-corrected chi connectivity index (χ3v) is 3.71. The highest BCUT2D eigenvalue weighted by molar-refractivity contribution is 14.1. The lowest BCUT2D eigenvalue weighted by atomic mass is 10.1. The lowest BCUT2D eigenvalue weighted by Gasteiger charge is -2.15. The molecule has 2 aromatic rings. The highest BCUT2D eigenvalue weighted by Crippen LogP contribution is 2.31. The van der Waals surface area contributed by atoms with Crippen LogP contribution in [-0.4, -0.2) is 9.78 Å². The molecule has 1 heterocycles. The molecule has 7 heteroatoms. The predicted molar refractivity (Wildman–Crippen MR) is 74.6 cm³/mol. The lowest BCUT2D eigenvalue weighted by Crippen LogP contribution is -2.12. The number of anilines is 1. The van der Waals surface area contributed by atoms with Gasteiger partial charge in [-0.05, 0) is 47.2 Å². The second kappa shape index (κ2) is 5.03. The summed E-state index contributed by atoms with van der Waals surface area (Å²) < 4.78 is 39.8. The van der Waals surface area contributed by atoms with Gasteiger partial charge in [-0.15, -0.1) is 0 Å². The molecule has 1 atom stereocenters. The fraction of sp³-hybridized carbons (Fsp3) is 0.250. The molecule has 0 amide bonds. The second-order valence-electron chi connectivity index (χ2n) is 4.12. The maximum absolute atomic E-state index is 12.5. The molecule has 0 aliphatic heterocycles. The van der Waals surface area contributed by atoms with Crippen LogP contribution in [0.3, 0.4) is 0 Å². The van der Waals surface area contributed by atoms with E-state index in [4.69, 9.17) is 5.73 Å². The third kappa shape index (κ3) is 2.85. The first-order valence-corrected chi connectivity index (χ1v) is 6.54. The van der Waals surface area contributed by atoms with Crippen molar-refractivity contribution in [2.24, 2.45) is 0 Å². The van der Waals surface area contributed by atoms with Crippen LogP contribution in [0.15, 0.2) is 30.5 Å². The molecule has 2 rings (SSSR count). The number of benzene rings is 1. The van der Waals surface area contributed by atoms with Gasteiger partial charge in [-0.2, -0.15) is 18.3 Å². The Morgan fingerprint density at radius 2 is 1.84 bits per heavy atom. The number of aromatic nitrogens is 2. The summed E-state index contributed by atoms with van der Waals surface area (Å²) in [5.41, 5.74) is 5.91. The van der Waals surface area contributed by atoms with Crippen LogP contribution < -0.4 is 5.73 Å². The smallest absolute Gasteiger partial charge is 0.383 e. The minimum atomic E-state index is -4.32. The highest BCUT2D eigenvalue weighted by atomic mass is 127. The summed E-state index contributed by atoms with van der Waals surface area (Å²) in [6.45, 7) is 1.84. The van der Waals surface area contributed by atoms with E-state index in [1.165, 1.54) is 12.1 Å². The van der Waals surface area contributed by atoms with E-state index in [2.05, 4.69) is 27.7 Å². The van der Waals surface area contributed by atoms with Gasteiger partial charge in [0.05, 0.1) is 21.4 Å². The van der Waals surface area contributed by atoms with Gasteiger partial charge in [-0.3, -0.25) is 0 Å². The molecule has 2 N–H and O–H groups in total.